The Morgan fingerprint density at radius 1 is 1.35 bits per heavy atom. The second-order valence-electron chi connectivity index (χ2n) is 3.73. The third-order valence-electron chi connectivity index (χ3n) is 2.29. The fourth-order valence-corrected chi connectivity index (χ4v) is 2.67. The van der Waals surface area contributed by atoms with Crippen LogP contribution in [0, 0.1) is 6.92 Å². The minimum atomic E-state index is -0.562. The van der Waals surface area contributed by atoms with Crippen molar-refractivity contribution in [2.24, 2.45) is 0 Å². The summed E-state index contributed by atoms with van der Waals surface area (Å²) in [5.41, 5.74) is 0. The van der Waals surface area contributed by atoms with Gasteiger partial charge in [-0.3, -0.25) is 0 Å². The van der Waals surface area contributed by atoms with Crippen LogP contribution in [0.25, 0.3) is 0 Å². The lowest BCUT2D eigenvalue weighted by atomic mass is 10.3. The molecule has 1 N–H and O–H groups in total. The number of aliphatic hydroxyl groups excluding tert-OH is 1. The molecule has 0 spiro atoms. The molecule has 2 aromatic rings. The second kappa shape index (κ2) is 5.67. The molecule has 1 aromatic heterocycles. The molecule has 2 rings (SSSR count). The minimum absolute atomic E-state index is 0.274. The molecule has 0 saturated carbocycles. The first kappa shape index (κ1) is 12.6. The van der Waals surface area contributed by atoms with E-state index in [1.54, 1.807) is 11.3 Å². The number of aryl methyl sites for hydroxylation is 1. The topological polar surface area (TPSA) is 29.5 Å². The lowest BCUT2D eigenvalue weighted by Gasteiger charge is -2.10. The van der Waals surface area contributed by atoms with Crippen LogP contribution in [0.3, 0.4) is 0 Å². The SMILES string of the molecule is Cc1ccc(C(O)COc2cccc(Br)c2)s1. The molecule has 1 aromatic carbocycles. The molecule has 1 heterocycles. The minimum Gasteiger partial charge on any atom is -0.490 e. The van der Waals surface area contributed by atoms with Crippen molar-refractivity contribution >= 4 is 27.3 Å². The Morgan fingerprint density at radius 3 is 2.82 bits per heavy atom. The fraction of sp³-hybridized carbons (Fsp3) is 0.231. The van der Waals surface area contributed by atoms with E-state index in [-0.39, 0.29) is 6.61 Å². The Kier molecular flexibility index (Phi) is 4.20. The van der Waals surface area contributed by atoms with Crippen LogP contribution in [0.4, 0.5) is 0 Å². The molecular weight excluding hydrogens is 300 g/mol. The van der Waals surface area contributed by atoms with E-state index in [0.29, 0.717) is 0 Å². The quantitative estimate of drug-likeness (QED) is 0.927. The van der Waals surface area contributed by atoms with Gasteiger partial charge in [0.15, 0.2) is 0 Å². The summed E-state index contributed by atoms with van der Waals surface area (Å²) in [6, 6.07) is 11.5. The number of ether oxygens (including phenoxy) is 1. The standard InChI is InChI=1S/C13H13BrO2S/c1-9-5-6-13(17-9)12(15)8-16-11-4-2-3-10(14)7-11/h2-7,12,15H,8H2,1H3. The van der Waals surface area contributed by atoms with Gasteiger partial charge in [-0.25, -0.2) is 0 Å². The Morgan fingerprint density at radius 2 is 2.18 bits per heavy atom. The summed E-state index contributed by atoms with van der Waals surface area (Å²) in [5.74, 6) is 0.756. The molecule has 2 nitrogen and oxygen atoms in total. The zero-order valence-electron chi connectivity index (χ0n) is 9.39. The average Bonchev–Trinajstić information content (AvgIpc) is 2.73. The van der Waals surface area contributed by atoms with Crippen LogP contribution >= 0.6 is 27.3 Å². The molecule has 0 amide bonds. The Bertz CT molecular complexity index is 496. The van der Waals surface area contributed by atoms with E-state index >= 15 is 0 Å². The van der Waals surface area contributed by atoms with Crippen molar-refractivity contribution in [1.82, 2.24) is 0 Å². The van der Waals surface area contributed by atoms with E-state index in [2.05, 4.69) is 15.9 Å². The Labute approximate surface area is 113 Å². The number of thiophene rings is 1. The number of hydrogen-bond donors (Lipinski definition) is 1. The van der Waals surface area contributed by atoms with E-state index in [0.717, 1.165) is 15.1 Å². The van der Waals surface area contributed by atoms with E-state index in [9.17, 15) is 5.11 Å². The van der Waals surface area contributed by atoms with Gasteiger partial charge in [-0.2, -0.15) is 0 Å². The van der Waals surface area contributed by atoms with Gasteiger partial charge in [-0.05, 0) is 37.3 Å². The Hall–Kier alpha value is -0.840. The summed E-state index contributed by atoms with van der Waals surface area (Å²) in [5, 5.41) is 9.94. The van der Waals surface area contributed by atoms with Gasteiger partial charge < -0.3 is 9.84 Å². The summed E-state index contributed by atoms with van der Waals surface area (Å²) in [7, 11) is 0. The number of aliphatic hydroxyl groups is 1. The van der Waals surface area contributed by atoms with Crippen LogP contribution < -0.4 is 4.74 Å². The smallest absolute Gasteiger partial charge is 0.122 e. The van der Waals surface area contributed by atoms with Gasteiger partial charge in [-0.1, -0.05) is 22.0 Å². The molecule has 4 heteroatoms. The molecular formula is C13H13BrO2S. The number of rotatable bonds is 4. The van der Waals surface area contributed by atoms with Crippen molar-refractivity contribution in [2.45, 2.75) is 13.0 Å². The van der Waals surface area contributed by atoms with Crippen LogP contribution in [0.5, 0.6) is 5.75 Å². The summed E-state index contributed by atoms with van der Waals surface area (Å²) >= 11 is 4.97. The molecule has 0 aliphatic rings. The first-order valence-electron chi connectivity index (χ1n) is 5.28. The maximum Gasteiger partial charge on any atom is 0.122 e. The van der Waals surface area contributed by atoms with Crippen LogP contribution in [0.2, 0.25) is 0 Å². The van der Waals surface area contributed by atoms with E-state index in [1.165, 1.54) is 4.88 Å². The summed E-state index contributed by atoms with van der Waals surface area (Å²) in [6.07, 6.45) is -0.562. The molecule has 17 heavy (non-hydrogen) atoms. The van der Waals surface area contributed by atoms with Gasteiger partial charge in [0.1, 0.15) is 18.5 Å². The molecule has 0 saturated heterocycles. The van der Waals surface area contributed by atoms with Gasteiger partial charge in [0.25, 0.3) is 0 Å². The van der Waals surface area contributed by atoms with Crippen molar-refractivity contribution in [3.8, 4) is 5.75 Å². The van der Waals surface area contributed by atoms with Gasteiger partial charge in [0.2, 0.25) is 0 Å². The Balaban J connectivity index is 1.94. The third kappa shape index (κ3) is 3.56. The van der Waals surface area contributed by atoms with Crippen LogP contribution in [0.1, 0.15) is 15.9 Å². The zero-order valence-corrected chi connectivity index (χ0v) is 11.8. The zero-order chi connectivity index (χ0) is 12.3. The van der Waals surface area contributed by atoms with Crippen molar-refractivity contribution < 1.29 is 9.84 Å². The third-order valence-corrected chi connectivity index (χ3v) is 3.89. The van der Waals surface area contributed by atoms with E-state index in [4.69, 9.17) is 4.74 Å². The maximum absolute atomic E-state index is 9.94. The molecule has 1 atom stereocenters. The number of hydrogen-bond acceptors (Lipinski definition) is 3. The summed E-state index contributed by atoms with van der Waals surface area (Å²) < 4.78 is 6.51. The lowest BCUT2D eigenvalue weighted by Crippen LogP contribution is -2.08. The largest absolute Gasteiger partial charge is 0.490 e. The highest BCUT2D eigenvalue weighted by molar-refractivity contribution is 9.10. The fourth-order valence-electron chi connectivity index (χ4n) is 1.45. The van der Waals surface area contributed by atoms with Gasteiger partial charge in [0.05, 0.1) is 0 Å². The van der Waals surface area contributed by atoms with Crippen LogP contribution in [-0.4, -0.2) is 11.7 Å². The van der Waals surface area contributed by atoms with Gasteiger partial charge in [-0.15, -0.1) is 11.3 Å². The molecule has 1 unspecified atom stereocenters. The molecule has 90 valence electrons. The predicted octanol–water partition coefficient (Wildman–Crippen LogP) is 3.93. The highest BCUT2D eigenvalue weighted by Gasteiger charge is 2.10. The molecule has 0 aliphatic heterocycles. The molecule has 0 aliphatic carbocycles. The normalized spacial score (nSPS) is 12.4. The number of benzene rings is 1. The van der Waals surface area contributed by atoms with Crippen LogP contribution in [0.15, 0.2) is 40.9 Å². The van der Waals surface area contributed by atoms with E-state index in [1.807, 2.05) is 43.3 Å². The second-order valence-corrected chi connectivity index (χ2v) is 5.97. The number of halogens is 1. The van der Waals surface area contributed by atoms with Gasteiger partial charge >= 0.3 is 0 Å². The summed E-state index contributed by atoms with van der Waals surface area (Å²) in [4.78, 5) is 2.14. The highest BCUT2D eigenvalue weighted by atomic mass is 79.9. The van der Waals surface area contributed by atoms with Crippen molar-refractivity contribution in [3.05, 3.63) is 50.6 Å². The van der Waals surface area contributed by atoms with Crippen molar-refractivity contribution in [3.63, 3.8) is 0 Å². The highest BCUT2D eigenvalue weighted by Crippen LogP contribution is 2.24. The van der Waals surface area contributed by atoms with Gasteiger partial charge in [0, 0.05) is 14.2 Å². The van der Waals surface area contributed by atoms with Crippen LogP contribution in [-0.2, 0) is 0 Å². The maximum atomic E-state index is 9.94. The monoisotopic (exact) mass is 312 g/mol. The lowest BCUT2D eigenvalue weighted by molar-refractivity contribution is 0.111. The predicted molar refractivity (Wildman–Crippen MR) is 73.7 cm³/mol. The molecule has 0 fully saturated rings. The van der Waals surface area contributed by atoms with Crippen molar-refractivity contribution in [2.75, 3.05) is 6.61 Å². The average molecular weight is 313 g/mol. The first-order chi connectivity index (χ1) is 8.15. The van der Waals surface area contributed by atoms with E-state index < -0.39 is 6.10 Å². The first-order valence-corrected chi connectivity index (χ1v) is 6.89. The molecule has 0 bridgehead atoms. The molecule has 0 radical (unpaired) electrons. The summed E-state index contributed by atoms with van der Waals surface area (Å²) in [6.45, 7) is 2.30. The van der Waals surface area contributed by atoms with Crippen molar-refractivity contribution in [1.29, 1.82) is 0 Å².